The first-order chi connectivity index (χ1) is 7.45. The smallest absolute Gasteiger partial charge is 0.240 e. The molecule has 3 N–H and O–H groups in total. The Hall–Kier alpha value is -1.58. The summed E-state index contributed by atoms with van der Waals surface area (Å²) in [5.74, 6) is 1.59. The molecule has 0 bridgehead atoms. The van der Waals surface area contributed by atoms with Crippen molar-refractivity contribution in [1.82, 2.24) is 4.72 Å². The third-order valence-electron chi connectivity index (χ3n) is 1.77. The zero-order valence-electron chi connectivity index (χ0n) is 8.40. The molecular formula is C10H11FN2O2S. The summed E-state index contributed by atoms with van der Waals surface area (Å²) < 4.78 is 38.4. The van der Waals surface area contributed by atoms with Gasteiger partial charge < -0.3 is 5.73 Å². The number of benzene rings is 1. The highest BCUT2D eigenvalue weighted by atomic mass is 32.2. The van der Waals surface area contributed by atoms with Crippen LogP contribution in [0.15, 0.2) is 23.1 Å². The molecule has 1 aromatic carbocycles. The van der Waals surface area contributed by atoms with Crippen molar-refractivity contribution in [2.75, 3.05) is 12.3 Å². The molecule has 4 nitrogen and oxygen atoms in total. The predicted molar refractivity (Wildman–Crippen MR) is 59.5 cm³/mol. The Morgan fingerprint density at radius 3 is 2.69 bits per heavy atom. The van der Waals surface area contributed by atoms with Gasteiger partial charge >= 0.3 is 0 Å². The highest BCUT2D eigenvalue weighted by Gasteiger charge is 2.14. The van der Waals surface area contributed by atoms with Gasteiger partial charge in [0.1, 0.15) is 5.82 Å². The highest BCUT2D eigenvalue weighted by Crippen LogP contribution is 2.15. The molecule has 0 radical (unpaired) electrons. The molecule has 1 rings (SSSR count). The molecule has 0 saturated carbocycles. The molecule has 1 aromatic rings. The standard InChI is InChI=1S/C10H11FN2O2S/c1-2-3-4-13-16(14,15)10-6-8(11)5-9(12)7-10/h1,5-7,13H,3-4,12H2. The second-order valence-electron chi connectivity index (χ2n) is 3.07. The Labute approximate surface area is 93.7 Å². The average molecular weight is 242 g/mol. The molecule has 0 unspecified atom stereocenters. The molecule has 0 aromatic heterocycles. The van der Waals surface area contributed by atoms with Crippen LogP contribution in [0.3, 0.4) is 0 Å². The third-order valence-corrected chi connectivity index (χ3v) is 3.21. The van der Waals surface area contributed by atoms with E-state index >= 15 is 0 Å². The van der Waals surface area contributed by atoms with Crippen LogP contribution >= 0.6 is 0 Å². The van der Waals surface area contributed by atoms with Crippen LogP contribution in [0.5, 0.6) is 0 Å². The maximum absolute atomic E-state index is 12.9. The van der Waals surface area contributed by atoms with Crippen molar-refractivity contribution in [3.63, 3.8) is 0 Å². The van der Waals surface area contributed by atoms with Crippen molar-refractivity contribution in [3.05, 3.63) is 24.0 Å². The Kier molecular flexibility index (Phi) is 3.88. The number of hydrogen-bond acceptors (Lipinski definition) is 3. The van der Waals surface area contributed by atoms with Gasteiger partial charge in [-0.2, -0.15) is 0 Å². The maximum atomic E-state index is 12.9. The quantitative estimate of drug-likeness (QED) is 0.464. The maximum Gasteiger partial charge on any atom is 0.240 e. The average Bonchev–Trinajstić information content (AvgIpc) is 2.16. The van der Waals surface area contributed by atoms with Crippen molar-refractivity contribution >= 4 is 15.7 Å². The van der Waals surface area contributed by atoms with E-state index in [-0.39, 0.29) is 23.5 Å². The second-order valence-corrected chi connectivity index (χ2v) is 4.84. The van der Waals surface area contributed by atoms with Gasteiger partial charge in [0.2, 0.25) is 10.0 Å². The Balaban J connectivity index is 2.95. The highest BCUT2D eigenvalue weighted by molar-refractivity contribution is 7.89. The number of nitrogen functional groups attached to an aromatic ring is 1. The van der Waals surface area contributed by atoms with E-state index in [0.29, 0.717) is 0 Å². The number of anilines is 1. The minimum Gasteiger partial charge on any atom is -0.399 e. The number of halogens is 1. The van der Waals surface area contributed by atoms with E-state index in [1.807, 2.05) is 0 Å². The zero-order chi connectivity index (χ0) is 12.2. The van der Waals surface area contributed by atoms with Crippen LogP contribution in [-0.2, 0) is 10.0 Å². The van der Waals surface area contributed by atoms with Crippen LogP contribution in [0.25, 0.3) is 0 Å². The second kappa shape index (κ2) is 4.96. The van der Waals surface area contributed by atoms with Crippen molar-refractivity contribution in [2.45, 2.75) is 11.3 Å². The number of nitrogens with one attached hydrogen (secondary N) is 1. The third kappa shape index (κ3) is 3.22. The SMILES string of the molecule is C#CCCNS(=O)(=O)c1cc(N)cc(F)c1. The van der Waals surface area contributed by atoms with E-state index in [1.54, 1.807) is 0 Å². The lowest BCUT2D eigenvalue weighted by Gasteiger charge is -2.06. The summed E-state index contributed by atoms with van der Waals surface area (Å²) in [6.45, 7) is 0.106. The normalized spacial score (nSPS) is 11.0. The first-order valence-corrected chi connectivity index (χ1v) is 5.93. The molecule has 16 heavy (non-hydrogen) atoms. The lowest BCUT2D eigenvalue weighted by atomic mass is 10.3. The number of nitrogens with two attached hydrogens (primary N) is 1. The van der Waals surface area contributed by atoms with E-state index in [2.05, 4.69) is 10.6 Å². The van der Waals surface area contributed by atoms with E-state index in [0.717, 1.165) is 12.1 Å². The van der Waals surface area contributed by atoms with Gasteiger partial charge in [0.25, 0.3) is 0 Å². The van der Waals surface area contributed by atoms with Crippen molar-refractivity contribution in [3.8, 4) is 12.3 Å². The van der Waals surface area contributed by atoms with Gasteiger partial charge in [0, 0.05) is 18.7 Å². The molecule has 0 atom stereocenters. The monoisotopic (exact) mass is 242 g/mol. The fraction of sp³-hybridized carbons (Fsp3) is 0.200. The largest absolute Gasteiger partial charge is 0.399 e. The fourth-order valence-corrected chi connectivity index (χ4v) is 2.18. The molecular weight excluding hydrogens is 231 g/mol. The summed E-state index contributed by atoms with van der Waals surface area (Å²) >= 11 is 0. The fourth-order valence-electron chi connectivity index (χ4n) is 1.08. The van der Waals surface area contributed by atoms with Crippen LogP contribution in [-0.4, -0.2) is 15.0 Å². The summed E-state index contributed by atoms with van der Waals surface area (Å²) in [7, 11) is -3.74. The van der Waals surface area contributed by atoms with Crippen molar-refractivity contribution in [2.24, 2.45) is 0 Å². The van der Waals surface area contributed by atoms with Gasteiger partial charge in [-0.05, 0) is 18.2 Å². The minimum atomic E-state index is -3.74. The first-order valence-electron chi connectivity index (χ1n) is 4.45. The molecule has 6 heteroatoms. The number of sulfonamides is 1. The molecule has 0 aliphatic heterocycles. The molecule has 86 valence electrons. The lowest BCUT2D eigenvalue weighted by Crippen LogP contribution is -2.24. The van der Waals surface area contributed by atoms with Gasteiger partial charge in [-0.3, -0.25) is 0 Å². The van der Waals surface area contributed by atoms with E-state index in [4.69, 9.17) is 12.2 Å². The number of terminal acetylenes is 1. The molecule has 0 saturated heterocycles. The van der Waals surface area contributed by atoms with Crippen LogP contribution in [0.1, 0.15) is 6.42 Å². The van der Waals surface area contributed by atoms with E-state index in [1.165, 1.54) is 6.07 Å². The zero-order valence-corrected chi connectivity index (χ0v) is 9.22. The first kappa shape index (κ1) is 12.5. The molecule has 0 aliphatic rings. The summed E-state index contributed by atoms with van der Waals surface area (Å²) in [4.78, 5) is -0.206. The summed E-state index contributed by atoms with van der Waals surface area (Å²) in [5, 5.41) is 0. The van der Waals surface area contributed by atoms with Crippen LogP contribution < -0.4 is 10.5 Å². The van der Waals surface area contributed by atoms with Gasteiger partial charge in [0.05, 0.1) is 4.90 Å². The lowest BCUT2D eigenvalue weighted by molar-refractivity contribution is 0.578. The summed E-state index contributed by atoms with van der Waals surface area (Å²) in [6.07, 6.45) is 5.25. The van der Waals surface area contributed by atoms with Gasteiger partial charge in [0.15, 0.2) is 0 Å². The van der Waals surface area contributed by atoms with Gasteiger partial charge in [-0.25, -0.2) is 17.5 Å². The van der Waals surface area contributed by atoms with Crippen LogP contribution in [0.4, 0.5) is 10.1 Å². The predicted octanol–water partition coefficient (Wildman–Crippen LogP) is 0.709. The van der Waals surface area contributed by atoms with Crippen LogP contribution in [0, 0.1) is 18.2 Å². The Morgan fingerprint density at radius 2 is 2.12 bits per heavy atom. The topological polar surface area (TPSA) is 72.2 Å². The summed E-state index contributed by atoms with van der Waals surface area (Å²) in [6, 6.07) is 3.12. The number of rotatable bonds is 4. The Morgan fingerprint density at radius 1 is 1.44 bits per heavy atom. The molecule has 0 fully saturated rings. The van der Waals surface area contributed by atoms with Crippen LogP contribution in [0.2, 0.25) is 0 Å². The molecule has 0 aliphatic carbocycles. The molecule has 0 amide bonds. The minimum absolute atomic E-state index is 0.0531. The molecule has 0 spiro atoms. The van der Waals surface area contributed by atoms with Crippen molar-refractivity contribution in [1.29, 1.82) is 0 Å². The molecule has 0 heterocycles. The Bertz CT molecular complexity index is 500. The van der Waals surface area contributed by atoms with E-state index in [9.17, 15) is 12.8 Å². The van der Waals surface area contributed by atoms with Crippen molar-refractivity contribution < 1.29 is 12.8 Å². The van der Waals surface area contributed by atoms with Gasteiger partial charge in [-0.15, -0.1) is 12.3 Å². The van der Waals surface area contributed by atoms with E-state index < -0.39 is 15.8 Å². The van der Waals surface area contributed by atoms with Gasteiger partial charge in [-0.1, -0.05) is 0 Å². The summed E-state index contributed by atoms with van der Waals surface area (Å²) in [5.41, 5.74) is 5.40. The number of hydrogen-bond donors (Lipinski definition) is 2.